The topological polar surface area (TPSA) is 81.4 Å². The van der Waals surface area contributed by atoms with Gasteiger partial charge in [-0.3, -0.25) is 4.98 Å². The van der Waals surface area contributed by atoms with Gasteiger partial charge in [0.05, 0.1) is 12.3 Å². The number of nitrogens with zero attached hydrogens (tertiary/aromatic N) is 4. The molecule has 3 aromatic heterocycles. The number of rotatable bonds is 5. The third-order valence-corrected chi connectivity index (χ3v) is 3.36. The number of hydrogen-bond acceptors (Lipinski definition) is 6. The summed E-state index contributed by atoms with van der Waals surface area (Å²) in [6.45, 7) is 6.06. The van der Waals surface area contributed by atoms with Gasteiger partial charge in [-0.2, -0.15) is 9.61 Å². The lowest BCUT2D eigenvalue weighted by Crippen LogP contribution is -2.19. The molecule has 0 bridgehead atoms. The van der Waals surface area contributed by atoms with E-state index in [2.05, 4.69) is 20.4 Å². The second-order valence-electron chi connectivity index (χ2n) is 5.58. The first kappa shape index (κ1) is 15.9. The summed E-state index contributed by atoms with van der Waals surface area (Å²) in [4.78, 5) is 20.7. The quantitative estimate of drug-likeness (QED) is 0.727. The van der Waals surface area contributed by atoms with Crippen molar-refractivity contribution >= 4 is 17.4 Å². The normalized spacial score (nSPS) is 11.0. The fourth-order valence-electron chi connectivity index (χ4n) is 2.36. The Hall–Kier alpha value is -2.96. The van der Waals surface area contributed by atoms with Crippen molar-refractivity contribution in [3.8, 4) is 11.3 Å². The van der Waals surface area contributed by atoms with E-state index >= 15 is 0 Å². The van der Waals surface area contributed by atoms with E-state index in [1.165, 1.54) is 6.20 Å². The lowest BCUT2D eigenvalue weighted by Gasteiger charge is -2.14. The molecule has 0 unspecified atom stereocenters. The van der Waals surface area contributed by atoms with Gasteiger partial charge in [0.2, 0.25) is 0 Å². The van der Waals surface area contributed by atoms with Crippen LogP contribution in [0, 0.1) is 0 Å². The molecule has 24 heavy (non-hydrogen) atoms. The largest absolute Gasteiger partial charge is 0.462 e. The summed E-state index contributed by atoms with van der Waals surface area (Å²) < 4.78 is 6.75. The number of nitrogens with one attached hydrogen (secondary N) is 1. The van der Waals surface area contributed by atoms with Gasteiger partial charge in [-0.1, -0.05) is 0 Å². The minimum absolute atomic E-state index is 0.120. The van der Waals surface area contributed by atoms with Crippen molar-refractivity contribution in [2.24, 2.45) is 0 Å². The second kappa shape index (κ2) is 6.66. The zero-order valence-corrected chi connectivity index (χ0v) is 13.9. The average molecular weight is 325 g/mol. The minimum atomic E-state index is -0.423. The van der Waals surface area contributed by atoms with E-state index in [1.54, 1.807) is 23.8 Å². The zero-order valence-electron chi connectivity index (χ0n) is 13.9. The SMILES string of the molecule is CCOC(=O)c1cnc2cc(-c3cccnc3)nn2c1NC(C)C. The molecular formula is C17H19N5O2. The Morgan fingerprint density at radius 1 is 1.38 bits per heavy atom. The number of esters is 1. The van der Waals surface area contributed by atoms with Crippen LogP contribution in [0.5, 0.6) is 0 Å². The summed E-state index contributed by atoms with van der Waals surface area (Å²) in [6, 6.07) is 5.76. The number of anilines is 1. The summed E-state index contributed by atoms with van der Waals surface area (Å²) in [6.07, 6.45) is 4.97. The Morgan fingerprint density at radius 3 is 2.88 bits per heavy atom. The van der Waals surface area contributed by atoms with Crippen LogP contribution in [0.15, 0.2) is 36.8 Å². The van der Waals surface area contributed by atoms with Gasteiger partial charge in [0.1, 0.15) is 11.4 Å². The maximum absolute atomic E-state index is 12.2. The van der Waals surface area contributed by atoms with Gasteiger partial charge < -0.3 is 10.1 Å². The van der Waals surface area contributed by atoms with Crippen LogP contribution in [0.25, 0.3) is 16.9 Å². The van der Waals surface area contributed by atoms with Crippen molar-refractivity contribution in [2.75, 3.05) is 11.9 Å². The molecule has 0 atom stereocenters. The molecule has 0 amide bonds. The molecule has 1 N–H and O–H groups in total. The molecule has 0 aliphatic rings. The van der Waals surface area contributed by atoms with E-state index < -0.39 is 5.97 Å². The molecule has 0 radical (unpaired) electrons. The zero-order chi connectivity index (χ0) is 17.1. The van der Waals surface area contributed by atoms with Crippen LogP contribution in [0.3, 0.4) is 0 Å². The second-order valence-corrected chi connectivity index (χ2v) is 5.58. The molecule has 0 saturated carbocycles. The third-order valence-electron chi connectivity index (χ3n) is 3.36. The van der Waals surface area contributed by atoms with Crippen molar-refractivity contribution in [2.45, 2.75) is 26.8 Å². The maximum Gasteiger partial charge on any atom is 0.343 e. The standard InChI is InChI=1S/C17H19N5O2/c1-4-24-17(23)13-10-19-15-8-14(12-6-5-7-18-9-12)21-22(15)16(13)20-11(2)3/h5-11,20H,4H2,1-3H3. The van der Waals surface area contributed by atoms with E-state index in [-0.39, 0.29) is 6.04 Å². The Balaban J connectivity index is 2.15. The Labute approximate surface area is 139 Å². The summed E-state index contributed by atoms with van der Waals surface area (Å²) in [5.41, 5.74) is 2.63. The van der Waals surface area contributed by atoms with Gasteiger partial charge >= 0.3 is 5.97 Å². The number of hydrogen-bond donors (Lipinski definition) is 1. The first-order chi connectivity index (χ1) is 11.6. The monoisotopic (exact) mass is 325 g/mol. The van der Waals surface area contributed by atoms with E-state index in [0.29, 0.717) is 23.6 Å². The molecule has 3 rings (SSSR count). The Kier molecular flexibility index (Phi) is 4.41. The van der Waals surface area contributed by atoms with Gasteiger partial charge in [-0.05, 0) is 32.9 Å². The van der Waals surface area contributed by atoms with Crippen molar-refractivity contribution in [1.82, 2.24) is 19.6 Å². The van der Waals surface area contributed by atoms with Gasteiger partial charge in [-0.25, -0.2) is 9.78 Å². The van der Waals surface area contributed by atoms with Crippen LogP contribution in [-0.2, 0) is 4.74 Å². The Bertz CT molecular complexity index is 858. The van der Waals surface area contributed by atoms with Gasteiger partial charge in [0.25, 0.3) is 0 Å². The highest BCUT2D eigenvalue weighted by molar-refractivity contribution is 5.95. The molecule has 0 fully saturated rings. The van der Waals surface area contributed by atoms with Crippen molar-refractivity contribution in [1.29, 1.82) is 0 Å². The fraction of sp³-hybridized carbons (Fsp3) is 0.294. The summed E-state index contributed by atoms with van der Waals surface area (Å²) in [7, 11) is 0. The fourth-order valence-corrected chi connectivity index (χ4v) is 2.36. The summed E-state index contributed by atoms with van der Waals surface area (Å²) in [5, 5.41) is 7.85. The molecule has 3 aromatic rings. The summed E-state index contributed by atoms with van der Waals surface area (Å²) in [5.74, 6) is 0.150. The molecule has 124 valence electrons. The molecule has 7 heteroatoms. The highest BCUT2D eigenvalue weighted by Crippen LogP contribution is 2.23. The lowest BCUT2D eigenvalue weighted by atomic mass is 10.2. The van der Waals surface area contributed by atoms with Crippen molar-refractivity contribution < 1.29 is 9.53 Å². The smallest absolute Gasteiger partial charge is 0.343 e. The predicted molar refractivity (Wildman–Crippen MR) is 90.9 cm³/mol. The van der Waals surface area contributed by atoms with Crippen molar-refractivity contribution in [3.05, 3.63) is 42.4 Å². The highest BCUT2D eigenvalue weighted by Gasteiger charge is 2.19. The van der Waals surface area contributed by atoms with Crippen molar-refractivity contribution in [3.63, 3.8) is 0 Å². The van der Waals surface area contributed by atoms with Crippen LogP contribution < -0.4 is 5.32 Å². The Morgan fingerprint density at radius 2 is 2.21 bits per heavy atom. The molecule has 0 aliphatic carbocycles. The lowest BCUT2D eigenvalue weighted by molar-refractivity contribution is 0.0526. The number of carbonyl (C=O) groups is 1. The van der Waals surface area contributed by atoms with E-state index in [9.17, 15) is 4.79 Å². The van der Waals surface area contributed by atoms with Crippen LogP contribution in [0.2, 0.25) is 0 Å². The van der Waals surface area contributed by atoms with E-state index in [4.69, 9.17) is 4.74 Å². The molecule has 7 nitrogen and oxygen atoms in total. The molecule has 0 aromatic carbocycles. The van der Waals surface area contributed by atoms with Gasteiger partial charge in [-0.15, -0.1) is 0 Å². The molecule has 0 spiro atoms. The molecule has 3 heterocycles. The van der Waals surface area contributed by atoms with Gasteiger partial charge in [0.15, 0.2) is 5.65 Å². The van der Waals surface area contributed by atoms with Gasteiger partial charge in [0, 0.05) is 36.3 Å². The first-order valence-electron chi connectivity index (χ1n) is 7.83. The first-order valence-corrected chi connectivity index (χ1v) is 7.83. The number of pyridine rings is 1. The molecular weight excluding hydrogens is 306 g/mol. The number of ether oxygens (including phenoxy) is 1. The van der Waals surface area contributed by atoms with Crippen LogP contribution in [-0.4, -0.2) is 38.2 Å². The average Bonchev–Trinajstić information content (AvgIpc) is 3.00. The minimum Gasteiger partial charge on any atom is -0.462 e. The maximum atomic E-state index is 12.2. The van der Waals surface area contributed by atoms with Crippen LogP contribution in [0.4, 0.5) is 5.82 Å². The van der Waals surface area contributed by atoms with E-state index in [0.717, 1.165) is 11.3 Å². The number of aromatic nitrogens is 4. The van der Waals surface area contributed by atoms with Crippen LogP contribution in [0.1, 0.15) is 31.1 Å². The molecule has 0 aliphatic heterocycles. The third kappa shape index (κ3) is 3.05. The number of fused-ring (bicyclic) bond motifs is 1. The van der Waals surface area contributed by atoms with E-state index in [1.807, 2.05) is 32.0 Å². The number of carbonyl (C=O) groups excluding carboxylic acids is 1. The predicted octanol–water partition coefficient (Wildman–Crippen LogP) is 2.79. The highest BCUT2D eigenvalue weighted by atomic mass is 16.5. The molecule has 0 saturated heterocycles. The summed E-state index contributed by atoms with van der Waals surface area (Å²) >= 11 is 0. The van der Waals surface area contributed by atoms with Crippen LogP contribution >= 0.6 is 0 Å².